The molecule has 0 aliphatic carbocycles. The van der Waals surface area contributed by atoms with Crippen LogP contribution < -0.4 is 0 Å². The molecule has 0 aromatic rings. The summed E-state index contributed by atoms with van der Waals surface area (Å²) in [7, 11) is 3.61. The van der Waals surface area contributed by atoms with Crippen molar-refractivity contribution in [3.63, 3.8) is 0 Å². The second kappa shape index (κ2) is 2.87. The molecule has 0 atom stereocenters. The standard InChI is InChI=1S/C8H9Cl2NO/c1-11(2)5-7(6-12)3-4-8(11,9)10/h3-5H,1-2H3/q+1. The van der Waals surface area contributed by atoms with E-state index < -0.39 is 4.46 Å². The minimum absolute atomic E-state index is 0.219. The predicted molar refractivity (Wildman–Crippen MR) is 49.5 cm³/mol. The molecular formula is C8H9Cl2NO+. The van der Waals surface area contributed by atoms with Crippen LogP contribution in [0, 0.1) is 0 Å². The summed E-state index contributed by atoms with van der Waals surface area (Å²) in [4.78, 5) is 10.3. The normalized spacial score (nSPS) is 24.8. The van der Waals surface area contributed by atoms with Gasteiger partial charge >= 0.3 is 0 Å². The summed E-state index contributed by atoms with van der Waals surface area (Å²) in [6, 6.07) is 0. The molecule has 4 heteroatoms. The van der Waals surface area contributed by atoms with Crippen molar-refractivity contribution in [1.29, 1.82) is 0 Å². The van der Waals surface area contributed by atoms with E-state index in [0.29, 0.717) is 5.57 Å². The Hall–Kier alpha value is -0.310. The SMILES string of the molecule is C[N+]1(C)C=C([C]=O)C=CC1(Cl)Cl. The highest BCUT2D eigenvalue weighted by molar-refractivity contribution is 6.48. The van der Waals surface area contributed by atoms with Crippen LogP contribution in [0.3, 0.4) is 0 Å². The maximum absolute atomic E-state index is 10.3. The van der Waals surface area contributed by atoms with E-state index in [0.717, 1.165) is 0 Å². The summed E-state index contributed by atoms with van der Waals surface area (Å²) in [6.45, 7) is 0. The van der Waals surface area contributed by atoms with E-state index in [-0.39, 0.29) is 4.48 Å². The molecule has 0 aromatic heterocycles. The molecule has 0 saturated heterocycles. The summed E-state index contributed by atoms with van der Waals surface area (Å²) in [5.74, 6) is 0. The van der Waals surface area contributed by atoms with Crippen molar-refractivity contribution in [3.05, 3.63) is 23.9 Å². The minimum atomic E-state index is -1.000. The average Bonchev–Trinajstić information content (AvgIpc) is 1.95. The summed E-state index contributed by atoms with van der Waals surface area (Å²) in [5, 5.41) is 0. The van der Waals surface area contributed by atoms with Crippen molar-refractivity contribution in [1.82, 2.24) is 0 Å². The monoisotopic (exact) mass is 205 g/mol. The highest BCUT2D eigenvalue weighted by Crippen LogP contribution is 2.36. The number of carbonyl (C=O) groups excluding carboxylic acids is 1. The Morgan fingerprint density at radius 1 is 1.50 bits per heavy atom. The molecule has 0 N–H and O–H groups in total. The van der Waals surface area contributed by atoms with E-state index in [1.54, 1.807) is 38.7 Å². The van der Waals surface area contributed by atoms with Crippen LogP contribution in [0.2, 0.25) is 0 Å². The van der Waals surface area contributed by atoms with Gasteiger partial charge in [0, 0.05) is 6.08 Å². The maximum Gasteiger partial charge on any atom is 0.274 e. The van der Waals surface area contributed by atoms with Crippen LogP contribution in [0.1, 0.15) is 0 Å². The largest absolute Gasteiger partial charge is 0.285 e. The molecular weight excluding hydrogens is 197 g/mol. The number of likely N-dealkylation sites (N-methyl/N-ethyl adjacent to an activating group) is 1. The van der Waals surface area contributed by atoms with Gasteiger partial charge in [-0.25, -0.2) is 0 Å². The summed E-state index contributed by atoms with van der Waals surface area (Å²) < 4.78 is -0.780. The van der Waals surface area contributed by atoms with Crippen LogP contribution in [0.25, 0.3) is 0 Å². The van der Waals surface area contributed by atoms with E-state index in [1.165, 1.54) is 0 Å². The number of nitrogens with zero attached hydrogens (tertiary/aromatic N) is 1. The number of rotatable bonds is 1. The molecule has 0 saturated carbocycles. The number of alkyl halides is 2. The van der Waals surface area contributed by atoms with Crippen molar-refractivity contribution in [2.45, 2.75) is 4.46 Å². The average molecular weight is 206 g/mol. The van der Waals surface area contributed by atoms with Gasteiger partial charge < -0.3 is 0 Å². The lowest BCUT2D eigenvalue weighted by Crippen LogP contribution is -2.48. The van der Waals surface area contributed by atoms with Crippen molar-refractivity contribution in [3.8, 4) is 0 Å². The summed E-state index contributed by atoms with van der Waals surface area (Å²) in [6.07, 6.45) is 6.59. The van der Waals surface area contributed by atoms with Gasteiger partial charge in [-0.05, 0) is 29.3 Å². The lowest BCUT2D eigenvalue weighted by atomic mass is 10.2. The lowest BCUT2D eigenvalue weighted by Gasteiger charge is -2.36. The Kier molecular flexibility index (Phi) is 2.34. The molecule has 12 heavy (non-hydrogen) atoms. The zero-order valence-corrected chi connectivity index (χ0v) is 8.36. The van der Waals surface area contributed by atoms with Crippen molar-refractivity contribution in [2.24, 2.45) is 0 Å². The Morgan fingerprint density at radius 2 is 2.08 bits per heavy atom. The fourth-order valence-corrected chi connectivity index (χ4v) is 1.14. The molecule has 0 aromatic carbocycles. The third kappa shape index (κ3) is 1.56. The molecule has 0 spiro atoms. The van der Waals surface area contributed by atoms with Crippen LogP contribution in [0.15, 0.2) is 23.9 Å². The number of quaternary nitrogens is 1. The molecule has 65 valence electrons. The van der Waals surface area contributed by atoms with Crippen LogP contribution in [0.4, 0.5) is 0 Å². The van der Waals surface area contributed by atoms with Gasteiger partial charge in [0.15, 0.2) is 0 Å². The fraction of sp³-hybridized carbons (Fsp3) is 0.375. The molecule has 0 amide bonds. The van der Waals surface area contributed by atoms with Gasteiger partial charge in [-0.1, -0.05) is 0 Å². The lowest BCUT2D eigenvalue weighted by molar-refractivity contribution is -0.857. The van der Waals surface area contributed by atoms with Gasteiger partial charge in [-0.15, -0.1) is 0 Å². The van der Waals surface area contributed by atoms with Crippen LogP contribution in [-0.4, -0.2) is 29.3 Å². The fourth-order valence-electron chi connectivity index (χ4n) is 0.919. The number of hydrogen-bond donors (Lipinski definition) is 0. The Labute approximate surface area is 81.6 Å². The van der Waals surface area contributed by atoms with E-state index in [9.17, 15) is 4.79 Å². The van der Waals surface area contributed by atoms with Crippen molar-refractivity contribution in [2.75, 3.05) is 14.1 Å². The van der Waals surface area contributed by atoms with Gasteiger partial charge in [0.05, 0.1) is 19.7 Å². The molecule has 0 bridgehead atoms. The second-order valence-corrected chi connectivity index (χ2v) is 4.49. The number of halogens is 2. The first-order chi connectivity index (χ1) is 5.39. The molecule has 1 rings (SSSR count). The molecule has 0 fully saturated rings. The third-order valence-electron chi connectivity index (χ3n) is 1.81. The predicted octanol–water partition coefficient (Wildman–Crippen LogP) is 1.76. The molecule has 1 radical (unpaired) electrons. The summed E-state index contributed by atoms with van der Waals surface area (Å²) >= 11 is 11.9. The van der Waals surface area contributed by atoms with Gasteiger partial charge in [0.1, 0.15) is 6.20 Å². The highest BCUT2D eigenvalue weighted by atomic mass is 35.5. The molecule has 1 aliphatic rings. The van der Waals surface area contributed by atoms with Crippen LogP contribution >= 0.6 is 23.2 Å². The third-order valence-corrected chi connectivity index (χ3v) is 2.93. The first-order valence-electron chi connectivity index (χ1n) is 3.41. The van der Waals surface area contributed by atoms with E-state index in [4.69, 9.17) is 23.2 Å². The Morgan fingerprint density at radius 3 is 2.50 bits per heavy atom. The molecule has 1 heterocycles. The van der Waals surface area contributed by atoms with E-state index in [2.05, 4.69) is 0 Å². The summed E-state index contributed by atoms with van der Waals surface area (Å²) in [5.41, 5.74) is 0.469. The van der Waals surface area contributed by atoms with Crippen molar-refractivity contribution < 1.29 is 9.28 Å². The van der Waals surface area contributed by atoms with E-state index in [1.807, 2.05) is 0 Å². The quantitative estimate of drug-likeness (QED) is 0.363. The molecule has 0 unspecified atom stereocenters. The number of hydrogen-bond acceptors (Lipinski definition) is 1. The zero-order valence-electron chi connectivity index (χ0n) is 6.84. The zero-order chi connectivity index (χ0) is 9.41. The minimum Gasteiger partial charge on any atom is -0.285 e. The maximum atomic E-state index is 10.3. The van der Waals surface area contributed by atoms with Crippen molar-refractivity contribution >= 4 is 29.5 Å². The smallest absolute Gasteiger partial charge is 0.274 e. The number of allylic oxidation sites excluding steroid dienone is 2. The van der Waals surface area contributed by atoms with Crippen LogP contribution in [0.5, 0.6) is 0 Å². The van der Waals surface area contributed by atoms with Gasteiger partial charge in [-0.2, -0.15) is 0 Å². The second-order valence-electron chi connectivity index (χ2n) is 3.15. The Bertz CT molecular complexity index is 266. The first-order valence-corrected chi connectivity index (χ1v) is 4.16. The highest BCUT2D eigenvalue weighted by Gasteiger charge is 2.41. The van der Waals surface area contributed by atoms with E-state index >= 15 is 0 Å². The Balaban J connectivity index is 3.07. The molecule has 2 nitrogen and oxygen atoms in total. The van der Waals surface area contributed by atoms with Crippen LogP contribution in [-0.2, 0) is 4.79 Å². The topological polar surface area (TPSA) is 17.1 Å². The molecule has 1 aliphatic heterocycles. The van der Waals surface area contributed by atoms with Gasteiger partial charge in [-0.3, -0.25) is 9.28 Å². The first kappa shape index (κ1) is 9.78. The van der Waals surface area contributed by atoms with Gasteiger partial charge in [0.25, 0.3) is 4.46 Å². The van der Waals surface area contributed by atoms with Gasteiger partial charge in [0.2, 0.25) is 6.29 Å².